The molecule has 0 radical (unpaired) electrons. The SMILES string of the molecule is CCCC(N=NCN1CCC(CN2CCN(C(CC(C(=O)N(C)C3CCC(=O)NC3=O)C(C)CO)C(C)F)CC2)CC1)C(=O)NC1CCC(OC(C)CC(Cl)C(CC)[C@@H](C)C#N)CC1. The fourth-order valence-electron chi connectivity index (χ4n) is 10.3. The average Bonchev–Trinajstić information content (AvgIpc) is 3.27. The molecule has 0 aromatic rings. The first-order valence-electron chi connectivity index (χ1n) is 24.5. The predicted octanol–water partition coefficient (Wildman–Crippen LogP) is 5.54. The van der Waals surface area contributed by atoms with Crippen LogP contribution in [0.15, 0.2) is 10.2 Å². The van der Waals surface area contributed by atoms with Crippen molar-refractivity contribution < 1.29 is 33.4 Å². The molecule has 0 aromatic heterocycles. The number of likely N-dealkylation sites (tertiary alicyclic amines) is 1. The number of nitriles is 1. The van der Waals surface area contributed by atoms with Crippen molar-refractivity contribution in [2.24, 2.45) is 39.8 Å². The van der Waals surface area contributed by atoms with Gasteiger partial charge in [0.1, 0.15) is 24.9 Å². The van der Waals surface area contributed by atoms with Crippen LogP contribution in [0.3, 0.4) is 0 Å². The van der Waals surface area contributed by atoms with Gasteiger partial charge in [-0.3, -0.25) is 34.3 Å². The molecule has 0 aromatic carbocycles. The molecule has 10 atom stereocenters. The monoisotopic (exact) mass is 922 g/mol. The molecule has 0 spiro atoms. The van der Waals surface area contributed by atoms with Crippen LogP contribution in [0.5, 0.6) is 0 Å². The first-order valence-corrected chi connectivity index (χ1v) is 24.9. The molecular weight excluding hydrogens is 841 g/mol. The summed E-state index contributed by atoms with van der Waals surface area (Å²) in [6.45, 7) is 17.4. The number of nitrogens with one attached hydrogen (secondary N) is 2. The zero-order valence-electron chi connectivity index (χ0n) is 39.9. The fourth-order valence-corrected chi connectivity index (χ4v) is 10.9. The molecule has 1 aliphatic carbocycles. The van der Waals surface area contributed by atoms with Gasteiger partial charge >= 0.3 is 0 Å². The van der Waals surface area contributed by atoms with Crippen molar-refractivity contribution in [1.82, 2.24) is 30.2 Å². The number of rotatable bonds is 24. The van der Waals surface area contributed by atoms with E-state index in [1.807, 2.05) is 6.92 Å². The third-order valence-electron chi connectivity index (χ3n) is 14.6. The first-order chi connectivity index (χ1) is 30.6. The lowest BCUT2D eigenvalue weighted by Crippen LogP contribution is -2.56. The number of hydrogen-bond donors (Lipinski definition) is 3. The molecule has 3 saturated heterocycles. The van der Waals surface area contributed by atoms with Crippen LogP contribution in [0.4, 0.5) is 4.39 Å². The van der Waals surface area contributed by atoms with E-state index in [-0.39, 0.29) is 79.1 Å². The average molecular weight is 923 g/mol. The molecule has 15 nitrogen and oxygen atoms in total. The highest BCUT2D eigenvalue weighted by Gasteiger charge is 2.40. The minimum Gasteiger partial charge on any atom is -0.396 e. The lowest BCUT2D eigenvalue weighted by molar-refractivity contribution is -0.148. The molecule has 0 bridgehead atoms. The Kier molecular flexibility index (Phi) is 22.8. The number of aliphatic hydroxyl groups is 1. The summed E-state index contributed by atoms with van der Waals surface area (Å²) in [6.07, 6.45) is 8.19. The number of piperazine rings is 1. The van der Waals surface area contributed by atoms with Crippen molar-refractivity contribution >= 4 is 35.2 Å². The van der Waals surface area contributed by atoms with Crippen LogP contribution < -0.4 is 10.6 Å². The first kappa shape index (κ1) is 53.8. The minimum atomic E-state index is -1.20. The smallest absolute Gasteiger partial charge is 0.249 e. The van der Waals surface area contributed by atoms with Crippen LogP contribution in [0, 0.1) is 40.9 Å². The zero-order chi connectivity index (χ0) is 46.9. The van der Waals surface area contributed by atoms with Gasteiger partial charge in [0.25, 0.3) is 0 Å². The van der Waals surface area contributed by atoms with Crippen molar-refractivity contribution in [3.05, 3.63) is 0 Å². The summed E-state index contributed by atoms with van der Waals surface area (Å²) in [5.41, 5.74) is 0. The maximum absolute atomic E-state index is 15.3. The number of piperidine rings is 2. The summed E-state index contributed by atoms with van der Waals surface area (Å²) >= 11 is 6.72. The van der Waals surface area contributed by atoms with Gasteiger partial charge in [-0.2, -0.15) is 15.5 Å². The lowest BCUT2D eigenvalue weighted by Gasteiger charge is -2.43. The number of amides is 4. The molecule has 4 aliphatic rings. The number of imide groups is 1. The van der Waals surface area contributed by atoms with E-state index in [9.17, 15) is 29.5 Å². The minimum absolute atomic E-state index is 0.00620. The van der Waals surface area contributed by atoms with Gasteiger partial charge in [0.15, 0.2) is 0 Å². The Hall–Kier alpha value is -2.81. The van der Waals surface area contributed by atoms with Crippen LogP contribution in [0.2, 0.25) is 0 Å². The summed E-state index contributed by atoms with van der Waals surface area (Å²) in [6, 6.07) is 0.662. The predicted molar refractivity (Wildman–Crippen MR) is 246 cm³/mol. The second-order valence-corrected chi connectivity index (χ2v) is 20.0. The van der Waals surface area contributed by atoms with E-state index >= 15 is 4.39 Å². The highest BCUT2D eigenvalue weighted by atomic mass is 35.5. The Morgan fingerprint density at radius 2 is 1.67 bits per heavy atom. The fraction of sp³-hybridized carbons (Fsp3) is 0.894. The molecule has 1 saturated carbocycles. The summed E-state index contributed by atoms with van der Waals surface area (Å²) in [7, 11) is 1.55. The Balaban J connectivity index is 1.16. The summed E-state index contributed by atoms with van der Waals surface area (Å²) in [4.78, 5) is 59.6. The number of halogens is 2. The number of hydrogen-bond acceptors (Lipinski definition) is 12. The highest BCUT2D eigenvalue weighted by Crippen LogP contribution is 2.31. The highest BCUT2D eigenvalue weighted by molar-refractivity contribution is 6.20. The van der Waals surface area contributed by atoms with Gasteiger partial charge in [0.05, 0.1) is 18.3 Å². The van der Waals surface area contributed by atoms with Gasteiger partial charge in [-0.15, -0.1) is 11.6 Å². The van der Waals surface area contributed by atoms with E-state index in [0.29, 0.717) is 38.5 Å². The zero-order valence-corrected chi connectivity index (χ0v) is 40.7. The Morgan fingerprint density at radius 3 is 2.25 bits per heavy atom. The number of azo groups is 1. The Morgan fingerprint density at radius 1 is 1.00 bits per heavy atom. The second-order valence-electron chi connectivity index (χ2n) is 19.4. The van der Waals surface area contributed by atoms with E-state index in [1.165, 1.54) is 11.8 Å². The van der Waals surface area contributed by atoms with E-state index in [2.05, 4.69) is 62.4 Å². The van der Waals surface area contributed by atoms with Crippen LogP contribution in [0.25, 0.3) is 0 Å². The molecule has 3 aliphatic heterocycles. The van der Waals surface area contributed by atoms with E-state index in [1.54, 1.807) is 14.0 Å². The van der Waals surface area contributed by atoms with E-state index in [0.717, 1.165) is 84.1 Å². The molecule has 64 heavy (non-hydrogen) atoms. The van der Waals surface area contributed by atoms with Gasteiger partial charge in [-0.05, 0) is 103 Å². The van der Waals surface area contributed by atoms with Crippen LogP contribution in [-0.2, 0) is 23.9 Å². The topological polar surface area (TPSA) is 183 Å². The van der Waals surface area contributed by atoms with Crippen LogP contribution >= 0.6 is 11.6 Å². The Labute approximate surface area is 388 Å². The normalized spacial score (nSPS) is 26.5. The molecule has 4 fully saturated rings. The number of aliphatic hydroxyl groups excluding tert-OH is 1. The number of likely N-dealkylation sites (N-methyl/N-ethyl adjacent to an activating group) is 1. The third-order valence-corrected chi connectivity index (χ3v) is 15.1. The molecule has 4 rings (SSSR count). The molecule has 3 heterocycles. The summed E-state index contributed by atoms with van der Waals surface area (Å²) in [5.74, 6) is -1.73. The number of carbonyl (C=O) groups excluding carboxylic acids is 4. The van der Waals surface area contributed by atoms with Gasteiger partial charge in [-0.1, -0.05) is 33.6 Å². The Bertz CT molecular complexity index is 1530. The van der Waals surface area contributed by atoms with Crippen molar-refractivity contribution in [2.75, 3.05) is 66.1 Å². The third kappa shape index (κ3) is 16.2. The van der Waals surface area contributed by atoms with Crippen molar-refractivity contribution in [2.45, 2.75) is 173 Å². The number of nitrogens with zero attached hydrogens (tertiary/aromatic N) is 7. The molecule has 17 heteroatoms. The lowest BCUT2D eigenvalue weighted by atomic mass is 9.84. The number of alkyl halides is 2. The quantitative estimate of drug-likeness (QED) is 0.0632. The van der Waals surface area contributed by atoms with Crippen LogP contribution in [0.1, 0.15) is 125 Å². The van der Waals surface area contributed by atoms with Gasteiger partial charge < -0.3 is 25.0 Å². The largest absolute Gasteiger partial charge is 0.396 e. The van der Waals surface area contributed by atoms with Crippen LogP contribution in [-0.4, -0.2) is 162 Å². The van der Waals surface area contributed by atoms with Gasteiger partial charge in [0, 0.05) is 95.2 Å². The molecular formula is C47H81ClFN9O6. The maximum atomic E-state index is 15.3. The summed E-state index contributed by atoms with van der Waals surface area (Å²) < 4.78 is 21.7. The summed E-state index contributed by atoms with van der Waals surface area (Å²) in [5, 5.41) is 34.0. The van der Waals surface area contributed by atoms with Gasteiger partial charge in [-0.25, -0.2) is 4.39 Å². The van der Waals surface area contributed by atoms with E-state index in [4.69, 9.17) is 16.3 Å². The molecule has 4 amide bonds. The number of carbonyl (C=O) groups is 4. The van der Waals surface area contributed by atoms with Crippen molar-refractivity contribution in [3.63, 3.8) is 0 Å². The molecule has 3 N–H and O–H groups in total. The molecule has 9 unspecified atom stereocenters. The van der Waals surface area contributed by atoms with Crippen molar-refractivity contribution in [1.29, 1.82) is 5.26 Å². The van der Waals surface area contributed by atoms with Gasteiger partial charge in [0.2, 0.25) is 23.6 Å². The standard InChI is InChI=1S/C47H81ClFN9O6/c1-8-10-41(45(61)52-36-11-13-37(14-12-36)64-33(5)25-40(48)38(9-2)31(3)27-50)54-51-30-57-19-17-35(18-20-57)28-56-21-23-58(24-22-56)43(34(6)49)26-39(32(4)29-59)47(63)55(7)42-15-16-44(60)53-46(42)62/h31-43,59H,8-26,28-30H2,1-7H3,(H,52,61)(H,53,60,62)/t31-,32?,33?,34?,36?,37?,38?,39?,40?,41?,42?,43?/m0/s1. The second kappa shape index (κ2) is 27.1. The maximum Gasteiger partial charge on any atom is 0.249 e. The number of ether oxygens (including phenoxy) is 1. The van der Waals surface area contributed by atoms with E-state index < -0.39 is 42.0 Å². The molecule has 364 valence electrons. The van der Waals surface area contributed by atoms with Crippen molar-refractivity contribution in [3.8, 4) is 6.07 Å².